The van der Waals surface area contributed by atoms with E-state index >= 15 is 0 Å². The second-order valence-corrected chi connectivity index (χ2v) is 7.19. The van der Waals surface area contributed by atoms with Gasteiger partial charge in [-0.3, -0.25) is 0 Å². The Bertz CT molecular complexity index is 892. The van der Waals surface area contributed by atoms with E-state index < -0.39 is 5.82 Å². The molecule has 30 heavy (non-hydrogen) atoms. The van der Waals surface area contributed by atoms with Crippen LogP contribution in [0.1, 0.15) is 24.8 Å². The number of nitrogens with zero attached hydrogens (tertiary/aromatic N) is 2. The number of hydrogen-bond acceptors (Lipinski definition) is 7. The second-order valence-electron chi connectivity index (χ2n) is 7.19. The predicted molar refractivity (Wildman–Crippen MR) is 111 cm³/mol. The van der Waals surface area contributed by atoms with Crippen molar-refractivity contribution in [2.24, 2.45) is 5.10 Å². The summed E-state index contributed by atoms with van der Waals surface area (Å²) in [5, 5.41) is 22.7. The van der Waals surface area contributed by atoms with Crippen LogP contribution in [0.15, 0.2) is 47.3 Å². The molecule has 8 heteroatoms. The van der Waals surface area contributed by atoms with Gasteiger partial charge in [0.1, 0.15) is 36.0 Å². The van der Waals surface area contributed by atoms with E-state index in [-0.39, 0.29) is 23.6 Å². The highest BCUT2D eigenvalue weighted by atomic mass is 19.1. The normalized spacial score (nSPS) is 22.4. The molecule has 158 valence electrons. The van der Waals surface area contributed by atoms with Crippen LogP contribution in [0, 0.1) is 17.7 Å². The molecule has 0 aliphatic carbocycles. The van der Waals surface area contributed by atoms with Gasteiger partial charge in [0.15, 0.2) is 0 Å². The smallest absolute Gasteiger partial charge is 0.231 e. The van der Waals surface area contributed by atoms with E-state index in [4.69, 9.17) is 9.47 Å². The zero-order valence-electron chi connectivity index (χ0n) is 16.6. The molecular weight excluding hydrogens is 387 g/mol. The van der Waals surface area contributed by atoms with Gasteiger partial charge in [-0.2, -0.15) is 0 Å². The number of phenolic OH excluding ortho intramolecular Hbond substituents is 1. The highest BCUT2D eigenvalue weighted by Crippen LogP contribution is 2.24. The first-order valence-electron chi connectivity index (χ1n) is 10.1. The summed E-state index contributed by atoms with van der Waals surface area (Å²) < 4.78 is 25.1. The van der Waals surface area contributed by atoms with Crippen LogP contribution in [0.25, 0.3) is 0 Å². The Hall–Kier alpha value is -3.02. The minimum absolute atomic E-state index is 0.0126. The molecule has 0 saturated carbocycles. The molecule has 4 rings (SSSR count). The molecule has 0 bridgehead atoms. The summed E-state index contributed by atoms with van der Waals surface area (Å²) >= 11 is 0. The molecule has 1 fully saturated rings. The van der Waals surface area contributed by atoms with Crippen molar-refractivity contribution >= 4 is 5.90 Å². The van der Waals surface area contributed by atoms with Gasteiger partial charge in [0.2, 0.25) is 5.90 Å². The van der Waals surface area contributed by atoms with E-state index in [0.29, 0.717) is 25.5 Å². The molecule has 1 aromatic carbocycles. The van der Waals surface area contributed by atoms with Crippen molar-refractivity contribution in [2.45, 2.75) is 31.5 Å². The topological polar surface area (TPSA) is 78.3 Å². The summed E-state index contributed by atoms with van der Waals surface area (Å²) in [4.78, 5) is 0. The number of ether oxygens (including phenoxy) is 2. The first-order valence-corrected chi connectivity index (χ1v) is 10.1. The summed E-state index contributed by atoms with van der Waals surface area (Å²) in [6, 6.07) is 4.18. The van der Waals surface area contributed by atoms with Gasteiger partial charge in [0.05, 0.1) is 12.3 Å². The van der Waals surface area contributed by atoms with Crippen LogP contribution in [-0.4, -0.2) is 54.6 Å². The van der Waals surface area contributed by atoms with Gasteiger partial charge < -0.3 is 25.2 Å². The van der Waals surface area contributed by atoms with Crippen LogP contribution in [0.3, 0.4) is 0 Å². The summed E-state index contributed by atoms with van der Waals surface area (Å²) in [7, 11) is 0. The van der Waals surface area contributed by atoms with Crippen molar-refractivity contribution in [3.8, 4) is 17.6 Å². The summed E-state index contributed by atoms with van der Waals surface area (Å²) in [5.41, 5.74) is 1.08. The number of benzene rings is 1. The molecule has 3 aliphatic rings. The van der Waals surface area contributed by atoms with E-state index in [1.54, 1.807) is 0 Å². The molecule has 0 spiro atoms. The number of morpholine rings is 1. The maximum atomic E-state index is 13.7. The van der Waals surface area contributed by atoms with E-state index in [9.17, 15) is 9.50 Å². The number of fused-ring (bicyclic) bond motifs is 1. The number of hydrogen-bond donors (Lipinski definition) is 3. The Morgan fingerprint density at radius 1 is 1.40 bits per heavy atom. The molecule has 1 saturated heterocycles. The zero-order chi connectivity index (χ0) is 20.8. The molecule has 7 nitrogen and oxygen atoms in total. The van der Waals surface area contributed by atoms with Gasteiger partial charge in [-0.05, 0) is 31.1 Å². The summed E-state index contributed by atoms with van der Waals surface area (Å²) in [6.07, 6.45) is 7.98. The van der Waals surface area contributed by atoms with Gasteiger partial charge in [-0.25, -0.2) is 9.40 Å². The molecule has 1 unspecified atom stereocenters. The minimum atomic E-state index is -0.510. The molecule has 0 radical (unpaired) electrons. The van der Waals surface area contributed by atoms with Gasteiger partial charge in [-0.15, -0.1) is 5.10 Å². The van der Waals surface area contributed by atoms with Gasteiger partial charge in [0, 0.05) is 31.8 Å². The maximum Gasteiger partial charge on any atom is 0.231 e. The Kier molecular flexibility index (Phi) is 6.52. The average Bonchev–Trinajstić information content (AvgIpc) is 3.17. The largest absolute Gasteiger partial charge is 0.507 e. The van der Waals surface area contributed by atoms with Crippen LogP contribution in [0.2, 0.25) is 0 Å². The van der Waals surface area contributed by atoms with Crippen molar-refractivity contribution in [1.82, 2.24) is 15.6 Å². The Morgan fingerprint density at radius 3 is 3.17 bits per heavy atom. The summed E-state index contributed by atoms with van der Waals surface area (Å²) in [6.45, 7) is 2.81. The fraction of sp³-hybridized carbons (Fsp3) is 0.409. The second kappa shape index (κ2) is 9.65. The SMILES string of the molecule is Oc1cccc(F)c1C#CCCCC1=CNC2C=CC(OC[C@H]3CNCCO3)=NN12. The molecular formula is C22H25FN4O3. The standard InChI is InChI=1S/C22H25FN4O3/c23-19-7-4-8-20(28)18(19)6-3-1-2-5-16-13-25-21-9-10-22(26-27(16)21)30-15-17-14-24-11-12-29-17/h4,7-10,13,17,21,24-25,28H,1-2,5,11-12,14-15H2/t17-,21?/m1/s1. The monoisotopic (exact) mass is 412 g/mol. The van der Waals surface area contributed by atoms with E-state index in [2.05, 4.69) is 27.6 Å². The number of unbranched alkanes of at least 4 members (excludes halogenated alkanes) is 1. The predicted octanol–water partition coefficient (Wildman–Crippen LogP) is 2.01. The lowest BCUT2D eigenvalue weighted by atomic mass is 10.1. The Balaban J connectivity index is 1.27. The van der Waals surface area contributed by atoms with Crippen LogP contribution in [0.4, 0.5) is 4.39 Å². The van der Waals surface area contributed by atoms with E-state index in [0.717, 1.165) is 31.6 Å². The third kappa shape index (κ3) is 4.93. The number of allylic oxidation sites excluding steroid dienone is 1. The van der Waals surface area contributed by atoms with E-state index in [1.165, 1.54) is 18.2 Å². The van der Waals surface area contributed by atoms with Crippen molar-refractivity contribution in [3.05, 3.63) is 53.6 Å². The molecule has 2 atom stereocenters. The fourth-order valence-corrected chi connectivity index (χ4v) is 3.39. The van der Waals surface area contributed by atoms with Crippen LogP contribution >= 0.6 is 0 Å². The fourth-order valence-electron chi connectivity index (χ4n) is 3.39. The highest BCUT2D eigenvalue weighted by molar-refractivity contribution is 5.88. The van der Waals surface area contributed by atoms with Crippen molar-refractivity contribution in [2.75, 3.05) is 26.3 Å². The third-order valence-corrected chi connectivity index (χ3v) is 4.97. The maximum absolute atomic E-state index is 13.7. The van der Waals surface area contributed by atoms with Crippen molar-refractivity contribution in [3.63, 3.8) is 0 Å². The van der Waals surface area contributed by atoms with Gasteiger partial charge in [-0.1, -0.05) is 17.9 Å². The molecule has 3 heterocycles. The number of hydrazone groups is 1. The molecule has 0 aromatic heterocycles. The van der Waals surface area contributed by atoms with Crippen LogP contribution < -0.4 is 10.6 Å². The van der Waals surface area contributed by atoms with Crippen molar-refractivity contribution < 1.29 is 19.0 Å². The number of nitrogens with one attached hydrogen (secondary N) is 2. The summed E-state index contributed by atoms with van der Waals surface area (Å²) in [5.74, 6) is 5.57. The number of aromatic hydroxyl groups is 1. The Labute approximate surface area is 175 Å². The minimum Gasteiger partial charge on any atom is -0.507 e. The number of halogens is 1. The van der Waals surface area contributed by atoms with E-state index in [1.807, 2.05) is 23.4 Å². The van der Waals surface area contributed by atoms with Crippen molar-refractivity contribution in [1.29, 1.82) is 0 Å². The quantitative estimate of drug-likeness (QED) is 0.507. The molecule has 3 N–H and O–H groups in total. The van der Waals surface area contributed by atoms with Gasteiger partial charge in [0.25, 0.3) is 0 Å². The lowest BCUT2D eigenvalue weighted by molar-refractivity contribution is -0.00305. The lowest BCUT2D eigenvalue weighted by Crippen LogP contribution is -2.42. The van der Waals surface area contributed by atoms with Gasteiger partial charge >= 0.3 is 0 Å². The number of rotatable bonds is 5. The lowest BCUT2D eigenvalue weighted by Gasteiger charge is -2.27. The Morgan fingerprint density at radius 2 is 2.33 bits per heavy atom. The first-order chi connectivity index (χ1) is 14.7. The average molecular weight is 412 g/mol. The van der Waals surface area contributed by atoms with Crippen LogP contribution in [0.5, 0.6) is 5.75 Å². The molecule has 3 aliphatic heterocycles. The molecule has 0 amide bonds. The molecule has 1 aromatic rings. The zero-order valence-corrected chi connectivity index (χ0v) is 16.6. The third-order valence-electron chi connectivity index (χ3n) is 4.97. The highest BCUT2D eigenvalue weighted by Gasteiger charge is 2.27. The van der Waals surface area contributed by atoms with Crippen LogP contribution in [-0.2, 0) is 9.47 Å². The number of phenols is 1. The first kappa shape index (κ1) is 20.3.